The molecule has 2 unspecified atom stereocenters. The van der Waals surface area contributed by atoms with Crippen molar-refractivity contribution in [2.24, 2.45) is 0 Å². The number of benzene rings is 1. The molecule has 4 N–H and O–H groups in total. The monoisotopic (exact) mass is 620 g/mol. The van der Waals surface area contributed by atoms with Crippen molar-refractivity contribution in [2.45, 2.75) is 104 Å². The van der Waals surface area contributed by atoms with Gasteiger partial charge >= 0.3 is 17.9 Å². The molecule has 44 heavy (non-hydrogen) atoms. The second-order valence-corrected chi connectivity index (χ2v) is 12.1. The third-order valence-electron chi connectivity index (χ3n) is 5.58. The predicted octanol–water partition coefficient (Wildman–Crippen LogP) is 1.67. The van der Waals surface area contributed by atoms with Gasteiger partial charge in [0.25, 0.3) is 0 Å². The molecule has 0 radical (unpaired) electrons. The highest BCUT2D eigenvalue weighted by molar-refractivity contribution is 5.92. The summed E-state index contributed by atoms with van der Waals surface area (Å²) in [6.45, 7) is 12.1. The first-order valence-electron chi connectivity index (χ1n) is 14.7. The zero-order valence-electron chi connectivity index (χ0n) is 26.9. The van der Waals surface area contributed by atoms with Crippen LogP contribution in [0.1, 0.15) is 79.7 Å². The van der Waals surface area contributed by atoms with Crippen molar-refractivity contribution in [1.82, 2.24) is 21.3 Å². The van der Waals surface area contributed by atoms with Gasteiger partial charge in [0.05, 0.1) is 6.54 Å². The molecule has 0 saturated carbocycles. The first-order chi connectivity index (χ1) is 20.5. The van der Waals surface area contributed by atoms with E-state index in [4.69, 9.17) is 14.2 Å². The number of esters is 3. The van der Waals surface area contributed by atoms with E-state index in [9.17, 15) is 28.8 Å². The molecule has 13 heteroatoms. The SMILES string of the molecule is CCNCC(=O)NC(CCC(=O)NCC(=O)OCc1ccccc1)C(=O)NC(CCC(=O)OC(C)(C)C)C(=O)OC(C)(C)C. The van der Waals surface area contributed by atoms with Crippen molar-refractivity contribution in [2.75, 3.05) is 19.6 Å². The van der Waals surface area contributed by atoms with Gasteiger partial charge in [-0.2, -0.15) is 0 Å². The molecule has 246 valence electrons. The molecule has 1 rings (SSSR count). The van der Waals surface area contributed by atoms with Gasteiger partial charge in [0.15, 0.2) is 0 Å². The minimum absolute atomic E-state index is 0.0579. The lowest BCUT2D eigenvalue weighted by atomic mass is 10.1. The van der Waals surface area contributed by atoms with Crippen LogP contribution in [-0.2, 0) is 49.6 Å². The summed E-state index contributed by atoms with van der Waals surface area (Å²) >= 11 is 0. The summed E-state index contributed by atoms with van der Waals surface area (Å²) in [4.78, 5) is 75.6. The minimum atomic E-state index is -1.23. The van der Waals surface area contributed by atoms with Gasteiger partial charge in [0, 0.05) is 12.8 Å². The predicted molar refractivity (Wildman–Crippen MR) is 162 cm³/mol. The number of amides is 3. The van der Waals surface area contributed by atoms with Crippen molar-refractivity contribution in [3.8, 4) is 0 Å². The van der Waals surface area contributed by atoms with Crippen LogP contribution in [0.15, 0.2) is 30.3 Å². The van der Waals surface area contributed by atoms with Gasteiger partial charge in [0.2, 0.25) is 17.7 Å². The topological polar surface area (TPSA) is 178 Å². The maximum absolute atomic E-state index is 13.3. The second-order valence-electron chi connectivity index (χ2n) is 12.1. The van der Waals surface area contributed by atoms with Crippen LogP contribution in [0.3, 0.4) is 0 Å². The molecule has 3 amide bonds. The molecule has 1 aromatic carbocycles. The summed E-state index contributed by atoms with van der Waals surface area (Å²) in [5.74, 6) is -3.76. The Morgan fingerprint density at radius 1 is 0.727 bits per heavy atom. The number of carbonyl (C=O) groups is 6. The van der Waals surface area contributed by atoms with Crippen LogP contribution in [0.4, 0.5) is 0 Å². The van der Waals surface area contributed by atoms with Gasteiger partial charge in [-0.3, -0.25) is 24.0 Å². The highest BCUT2D eigenvalue weighted by atomic mass is 16.6. The van der Waals surface area contributed by atoms with Crippen molar-refractivity contribution in [3.63, 3.8) is 0 Å². The fourth-order valence-electron chi connectivity index (χ4n) is 3.63. The molecular weight excluding hydrogens is 572 g/mol. The second kappa shape index (κ2) is 18.6. The van der Waals surface area contributed by atoms with Crippen LogP contribution < -0.4 is 21.3 Å². The third-order valence-corrected chi connectivity index (χ3v) is 5.58. The Bertz CT molecular complexity index is 1110. The molecule has 0 bridgehead atoms. The summed E-state index contributed by atoms with van der Waals surface area (Å²) in [5.41, 5.74) is -0.806. The fourth-order valence-corrected chi connectivity index (χ4v) is 3.63. The number of hydrogen-bond donors (Lipinski definition) is 4. The van der Waals surface area contributed by atoms with Gasteiger partial charge < -0.3 is 35.5 Å². The van der Waals surface area contributed by atoms with E-state index < -0.39 is 58.9 Å². The summed E-state index contributed by atoms with van der Waals surface area (Å²) < 4.78 is 15.9. The molecule has 0 aliphatic carbocycles. The fraction of sp³-hybridized carbons (Fsp3) is 0.613. The van der Waals surface area contributed by atoms with Crippen LogP contribution in [0, 0.1) is 0 Å². The van der Waals surface area contributed by atoms with Gasteiger partial charge in [-0.15, -0.1) is 0 Å². The normalized spacial score (nSPS) is 12.7. The number of carbonyl (C=O) groups excluding carboxylic acids is 6. The van der Waals surface area contributed by atoms with E-state index in [1.54, 1.807) is 53.7 Å². The van der Waals surface area contributed by atoms with Crippen molar-refractivity contribution < 1.29 is 43.0 Å². The number of likely N-dealkylation sites (N-methyl/N-ethyl adjacent to an activating group) is 1. The van der Waals surface area contributed by atoms with E-state index in [0.29, 0.717) is 6.54 Å². The molecule has 2 atom stereocenters. The molecule has 0 aliphatic heterocycles. The Balaban J connectivity index is 2.87. The van der Waals surface area contributed by atoms with E-state index in [1.165, 1.54) is 0 Å². The van der Waals surface area contributed by atoms with Crippen LogP contribution >= 0.6 is 0 Å². The Morgan fingerprint density at radius 2 is 1.34 bits per heavy atom. The minimum Gasteiger partial charge on any atom is -0.460 e. The molecule has 0 fully saturated rings. The molecule has 13 nitrogen and oxygen atoms in total. The van der Waals surface area contributed by atoms with Gasteiger partial charge in [-0.05, 0) is 66.5 Å². The van der Waals surface area contributed by atoms with E-state index in [-0.39, 0.29) is 45.4 Å². The largest absolute Gasteiger partial charge is 0.460 e. The smallest absolute Gasteiger partial charge is 0.329 e. The van der Waals surface area contributed by atoms with E-state index in [2.05, 4.69) is 21.3 Å². The number of nitrogens with one attached hydrogen (secondary N) is 4. The summed E-state index contributed by atoms with van der Waals surface area (Å²) in [6, 6.07) is 6.62. The standard InChI is InChI=1S/C31H48N4O9/c1-8-32-18-25(37)34-22(14-16-24(36)33-19-27(39)42-20-21-12-10-9-11-13-21)28(40)35-23(29(41)44-31(5,6)7)15-17-26(38)43-30(2,3)4/h9-13,22-23,32H,8,14-20H2,1-7H3,(H,33,36)(H,34,37)(H,35,40). The summed E-state index contributed by atoms with van der Waals surface area (Å²) in [7, 11) is 0. The highest BCUT2D eigenvalue weighted by Gasteiger charge is 2.31. The summed E-state index contributed by atoms with van der Waals surface area (Å²) in [6.07, 6.45) is -0.650. The summed E-state index contributed by atoms with van der Waals surface area (Å²) in [5, 5.41) is 10.4. The van der Waals surface area contributed by atoms with Crippen molar-refractivity contribution in [3.05, 3.63) is 35.9 Å². The van der Waals surface area contributed by atoms with Gasteiger partial charge in [-0.1, -0.05) is 37.3 Å². The van der Waals surface area contributed by atoms with E-state index in [0.717, 1.165) is 5.56 Å². The number of rotatable bonds is 17. The molecular formula is C31H48N4O9. The first-order valence-corrected chi connectivity index (χ1v) is 14.7. The Labute approximate surface area is 259 Å². The van der Waals surface area contributed by atoms with E-state index >= 15 is 0 Å². The van der Waals surface area contributed by atoms with Crippen molar-refractivity contribution >= 4 is 35.6 Å². The lowest BCUT2D eigenvalue weighted by molar-refractivity contribution is -0.160. The maximum atomic E-state index is 13.3. The average molecular weight is 621 g/mol. The maximum Gasteiger partial charge on any atom is 0.329 e. The molecule has 0 heterocycles. The zero-order valence-corrected chi connectivity index (χ0v) is 26.9. The van der Waals surface area contributed by atoms with Crippen molar-refractivity contribution in [1.29, 1.82) is 0 Å². The quantitative estimate of drug-likeness (QED) is 0.148. The van der Waals surface area contributed by atoms with Crippen LogP contribution in [-0.4, -0.2) is 78.5 Å². The number of hydrogen-bond acceptors (Lipinski definition) is 10. The van der Waals surface area contributed by atoms with Crippen LogP contribution in [0.2, 0.25) is 0 Å². The average Bonchev–Trinajstić information content (AvgIpc) is 2.92. The number of ether oxygens (including phenoxy) is 3. The molecule has 0 aliphatic rings. The van der Waals surface area contributed by atoms with Gasteiger partial charge in [0.1, 0.15) is 36.4 Å². The molecule has 0 aromatic heterocycles. The van der Waals surface area contributed by atoms with E-state index in [1.807, 2.05) is 25.1 Å². The zero-order chi connectivity index (χ0) is 33.3. The van der Waals surface area contributed by atoms with Gasteiger partial charge in [-0.25, -0.2) is 4.79 Å². The Hall–Kier alpha value is -4.00. The van der Waals surface area contributed by atoms with Crippen LogP contribution in [0.5, 0.6) is 0 Å². The highest BCUT2D eigenvalue weighted by Crippen LogP contribution is 2.14. The molecule has 0 saturated heterocycles. The van der Waals surface area contributed by atoms with Crippen LogP contribution in [0.25, 0.3) is 0 Å². The first kappa shape index (κ1) is 38.0. The molecule has 0 spiro atoms. The lowest BCUT2D eigenvalue weighted by Crippen LogP contribution is -2.54. The Kier molecular flexibility index (Phi) is 16.1. The lowest BCUT2D eigenvalue weighted by Gasteiger charge is -2.26. The third kappa shape index (κ3) is 17.8. The Morgan fingerprint density at radius 3 is 1.93 bits per heavy atom. The molecule has 1 aromatic rings.